The van der Waals surface area contributed by atoms with E-state index < -0.39 is 15.7 Å². The van der Waals surface area contributed by atoms with E-state index in [2.05, 4.69) is 10.4 Å². The van der Waals surface area contributed by atoms with Gasteiger partial charge in [-0.2, -0.15) is 5.10 Å². The van der Waals surface area contributed by atoms with Gasteiger partial charge in [-0.05, 0) is 43.0 Å². The number of hydrogen-bond donors (Lipinski definition) is 2. The number of benzene rings is 2. The van der Waals surface area contributed by atoms with Gasteiger partial charge in [-0.1, -0.05) is 36.2 Å². The molecule has 0 radical (unpaired) electrons. The van der Waals surface area contributed by atoms with E-state index in [0.717, 1.165) is 5.56 Å². The van der Waals surface area contributed by atoms with Crippen LogP contribution in [0.1, 0.15) is 12.5 Å². The highest BCUT2D eigenvalue weighted by molar-refractivity contribution is 8.00. The third kappa shape index (κ3) is 5.03. The first-order chi connectivity index (χ1) is 15.2. The maximum absolute atomic E-state index is 13.3. The van der Waals surface area contributed by atoms with Crippen LogP contribution in [0.5, 0.6) is 5.75 Å². The molecule has 0 unspecified atom stereocenters. The van der Waals surface area contributed by atoms with Gasteiger partial charge in [-0.3, -0.25) is 4.79 Å². The summed E-state index contributed by atoms with van der Waals surface area (Å²) in [5.74, 6) is 0.536. The van der Waals surface area contributed by atoms with Crippen molar-refractivity contribution in [2.24, 2.45) is 0 Å². The molecule has 0 saturated heterocycles. The topological polar surface area (TPSA) is 116 Å². The van der Waals surface area contributed by atoms with Gasteiger partial charge in [-0.25, -0.2) is 13.1 Å². The van der Waals surface area contributed by atoms with E-state index in [0.29, 0.717) is 22.2 Å². The van der Waals surface area contributed by atoms with E-state index >= 15 is 0 Å². The van der Waals surface area contributed by atoms with Gasteiger partial charge in [0.1, 0.15) is 28.0 Å². The highest BCUT2D eigenvalue weighted by atomic mass is 35.5. The number of nitrogen functional groups attached to an aromatic ring is 1. The molecule has 2 aromatic carbocycles. The summed E-state index contributed by atoms with van der Waals surface area (Å²) in [7, 11) is -2.42. The molecular formula is C21H23ClN4O4S2. The first kappa shape index (κ1) is 24.0. The van der Waals surface area contributed by atoms with Crippen molar-refractivity contribution in [3.63, 3.8) is 0 Å². The Labute approximate surface area is 196 Å². The van der Waals surface area contributed by atoms with E-state index in [9.17, 15) is 13.2 Å². The van der Waals surface area contributed by atoms with Crippen molar-refractivity contribution >= 4 is 50.6 Å². The standard InChI is InChI=1S/C21H23ClN4O4S2/c1-4-31-21-19(32(28,29)15-8-5-13(2)6-9-15)20(23)26(25-21)12-18(27)24-14-7-10-17(30-3)16(22)11-14/h5-11H,4,12,23H2,1-3H3,(H,24,27). The van der Waals surface area contributed by atoms with Crippen molar-refractivity contribution in [3.8, 4) is 5.75 Å². The Morgan fingerprint density at radius 1 is 1.25 bits per heavy atom. The minimum atomic E-state index is -3.92. The number of thioether (sulfide) groups is 1. The van der Waals surface area contributed by atoms with Crippen molar-refractivity contribution in [1.82, 2.24) is 9.78 Å². The highest BCUT2D eigenvalue weighted by Gasteiger charge is 2.30. The molecule has 170 valence electrons. The van der Waals surface area contributed by atoms with E-state index in [1.165, 1.54) is 35.7 Å². The van der Waals surface area contributed by atoms with Crippen molar-refractivity contribution in [2.45, 2.75) is 35.2 Å². The Bertz CT molecular complexity index is 1240. The summed E-state index contributed by atoms with van der Waals surface area (Å²) in [6.07, 6.45) is 0. The summed E-state index contributed by atoms with van der Waals surface area (Å²) in [5, 5.41) is 7.60. The number of nitrogens with one attached hydrogen (secondary N) is 1. The number of nitrogens with two attached hydrogens (primary N) is 1. The molecule has 0 aliphatic carbocycles. The molecule has 3 aromatic rings. The second kappa shape index (κ2) is 9.85. The summed E-state index contributed by atoms with van der Waals surface area (Å²) in [6.45, 7) is 3.48. The molecule has 1 aromatic heterocycles. The van der Waals surface area contributed by atoms with E-state index in [1.54, 1.807) is 30.3 Å². The van der Waals surface area contributed by atoms with Gasteiger partial charge < -0.3 is 15.8 Å². The zero-order valence-electron chi connectivity index (χ0n) is 17.8. The lowest BCUT2D eigenvalue weighted by Gasteiger charge is -2.09. The van der Waals surface area contributed by atoms with Crippen LogP contribution in [0.25, 0.3) is 0 Å². The minimum Gasteiger partial charge on any atom is -0.495 e. The van der Waals surface area contributed by atoms with Gasteiger partial charge in [0.2, 0.25) is 15.7 Å². The minimum absolute atomic E-state index is 0.0894. The van der Waals surface area contributed by atoms with Gasteiger partial charge >= 0.3 is 0 Å². The molecule has 0 spiro atoms. The van der Waals surface area contributed by atoms with Crippen molar-refractivity contribution in [2.75, 3.05) is 23.9 Å². The summed E-state index contributed by atoms with van der Waals surface area (Å²) >= 11 is 7.34. The van der Waals surface area contributed by atoms with Crippen molar-refractivity contribution in [1.29, 1.82) is 0 Å². The zero-order chi connectivity index (χ0) is 23.5. The van der Waals surface area contributed by atoms with Gasteiger partial charge in [0.05, 0.1) is 17.0 Å². The fourth-order valence-corrected chi connectivity index (χ4v) is 5.77. The number of aromatic nitrogens is 2. The summed E-state index contributed by atoms with van der Waals surface area (Å²) in [5.41, 5.74) is 7.58. The van der Waals surface area contributed by atoms with E-state index in [1.807, 2.05) is 13.8 Å². The number of amides is 1. The molecule has 0 aliphatic heterocycles. The molecule has 3 rings (SSSR count). The van der Waals surface area contributed by atoms with Crippen LogP contribution in [0.4, 0.5) is 11.5 Å². The smallest absolute Gasteiger partial charge is 0.246 e. The normalized spacial score (nSPS) is 11.4. The maximum Gasteiger partial charge on any atom is 0.246 e. The predicted molar refractivity (Wildman–Crippen MR) is 126 cm³/mol. The molecule has 1 amide bonds. The molecule has 8 nitrogen and oxygen atoms in total. The van der Waals surface area contributed by atoms with Crippen LogP contribution in [-0.2, 0) is 21.2 Å². The average molecular weight is 495 g/mol. The van der Waals surface area contributed by atoms with E-state index in [4.69, 9.17) is 22.1 Å². The SMILES string of the molecule is CCSc1nn(CC(=O)Nc2ccc(OC)c(Cl)c2)c(N)c1S(=O)(=O)c1ccc(C)cc1. The van der Waals surface area contributed by atoms with Crippen molar-refractivity contribution < 1.29 is 17.9 Å². The molecule has 0 fully saturated rings. The number of carbonyl (C=O) groups is 1. The van der Waals surface area contributed by atoms with Gasteiger partial charge in [0.15, 0.2) is 0 Å². The molecule has 0 aliphatic rings. The molecular weight excluding hydrogens is 472 g/mol. The lowest BCUT2D eigenvalue weighted by atomic mass is 10.2. The first-order valence-electron chi connectivity index (χ1n) is 9.61. The van der Waals surface area contributed by atoms with Gasteiger partial charge in [-0.15, -0.1) is 11.8 Å². The molecule has 0 atom stereocenters. The quantitative estimate of drug-likeness (QED) is 0.454. The number of hydrogen-bond acceptors (Lipinski definition) is 7. The molecule has 11 heteroatoms. The van der Waals surface area contributed by atoms with Crippen molar-refractivity contribution in [3.05, 3.63) is 53.1 Å². The van der Waals surface area contributed by atoms with Crippen LogP contribution < -0.4 is 15.8 Å². The molecule has 0 saturated carbocycles. The first-order valence-corrected chi connectivity index (χ1v) is 12.5. The van der Waals surface area contributed by atoms with Crippen LogP contribution in [-0.4, -0.2) is 37.0 Å². The monoisotopic (exact) mass is 494 g/mol. The largest absolute Gasteiger partial charge is 0.495 e. The van der Waals surface area contributed by atoms with Gasteiger partial charge in [0.25, 0.3) is 0 Å². The number of aryl methyl sites for hydroxylation is 1. The lowest BCUT2D eigenvalue weighted by molar-refractivity contribution is -0.116. The summed E-state index contributed by atoms with van der Waals surface area (Å²) in [6, 6.07) is 11.3. The summed E-state index contributed by atoms with van der Waals surface area (Å²) in [4.78, 5) is 12.6. The van der Waals surface area contributed by atoms with E-state index in [-0.39, 0.29) is 27.2 Å². The van der Waals surface area contributed by atoms with Crippen LogP contribution in [0.15, 0.2) is 57.3 Å². The number of halogens is 1. The molecule has 32 heavy (non-hydrogen) atoms. The number of rotatable bonds is 8. The van der Waals surface area contributed by atoms with Crippen LogP contribution in [0.3, 0.4) is 0 Å². The predicted octanol–water partition coefficient (Wildman–Crippen LogP) is 4.02. The van der Waals surface area contributed by atoms with Gasteiger partial charge in [0, 0.05) is 5.69 Å². The third-order valence-electron chi connectivity index (χ3n) is 4.53. The Balaban J connectivity index is 1.90. The zero-order valence-corrected chi connectivity index (χ0v) is 20.1. The number of nitrogens with zero attached hydrogens (tertiary/aromatic N) is 2. The fourth-order valence-electron chi connectivity index (χ4n) is 2.96. The number of anilines is 2. The second-order valence-corrected chi connectivity index (χ2v) is 10.4. The fraction of sp³-hybridized carbons (Fsp3) is 0.238. The number of sulfone groups is 1. The maximum atomic E-state index is 13.3. The van der Waals surface area contributed by atoms with Crippen LogP contribution in [0, 0.1) is 6.92 Å². The molecule has 1 heterocycles. The molecule has 3 N–H and O–H groups in total. The second-order valence-electron chi connectivity index (χ2n) is 6.82. The average Bonchev–Trinajstić information content (AvgIpc) is 3.04. The Kier molecular flexibility index (Phi) is 7.37. The number of methoxy groups -OCH3 is 1. The Morgan fingerprint density at radius 2 is 1.94 bits per heavy atom. The summed E-state index contributed by atoms with van der Waals surface area (Å²) < 4.78 is 32.8. The third-order valence-corrected chi connectivity index (χ3v) is 7.63. The molecule has 0 bridgehead atoms. The number of ether oxygens (including phenoxy) is 1. The van der Waals surface area contributed by atoms with Crippen LogP contribution in [0.2, 0.25) is 5.02 Å². The number of carbonyl (C=O) groups excluding carboxylic acids is 1. The van der Waals surface area contributed by atoms with Crippen LogP contribution >= 0.6 is 23.4 Å². The lowest BCUT2D eigenvalue weighted by Crippen LogP contribution is -2.21. The Morgan fingerprint density at radius 3 is 2.53 bits per heavy atom. The Hall–Kier alpha value is -2.69. The highest BCUT2D eigenvalue weighted by Crippen LogP contribution is 2.35.